The number of fused-ring (bicyclic) bond motifs is 12. The van der Waals surface area contributed by atoms with E-state index in [1.807, 2.05) is 0 Å². The van der Waals surface area contributed by atoms with Crippen molar-refractivity contribution in [3.8, 4) is 0 Å². The fraction of sp³-hybridized carbons (Fsp3) is 1.00. The summed E-state index contributed by atoms with van der Waals surface area (Å²) in [7, 11) is 0. The minimum Gasteiger partial charge on any atom is -0.0651 e. The number of rotatable bonds is 6. The number of hydrogen-bond acceptors (Lipinski definition) is 0. The summed E-state index contributed by atoms with van der Waals surface area (Å²) in [5.74, 6) is 20.9. The van der Waals surface area contributed by atoms with Gasteiger partial charge in [-0.25, -0.2) is 0 Å². The summed E-state index contributed by atoms with van der Waals surface area (Å²) in [6.45, 7) is 87.0. The van der Waals surface area contributed by atoms with Crippen molar-refractivity contribution in [2.75, 3.05) is 0 Å². The van der Waals surface area contributed by atoms with Crippen LogP contribution >= 0.6 is 0 Å². The third-order valence-corrected chi connectivity index (χ3v) is 38.3. The molecule has 0 aliphatic heterocycles. The van der Waals surface area contributed by atoms with Gasteiger partial charge in [0.25, 0.3) is 0 Å². The Morgan fingerprint density at radius 3 is 0.990 bits per heavy atom. The molecule has 17 fully saturated rings. The van der Waals surface area contributed by atoms with Gasteiger partial charge in [0, 0.05) is 0 Å². The van der Waals surface area contributed by atoms with Crippen LogP contribution in [0.3, 0.4) is 0 Å². The standard InChI is InChI=1S/3C12H24.2C11H22.2C10H18.3C9H16/c1-9(2)10-11(3,4)7-8-12(10,5)6;1-7-12(6)8-10(2,3)11(4,5)9-12;1-6-10-7-11(2,3)9-12(4,5)8-10;1-6-9-7-10(2,3)11(4,5)8-9;1-6-9-10(2,3)7-8-11(9,4)5;1-7-8-4-5-9(6-8)10(7,2)3;1-8-7-9-3-5-10(8,2)6-4-9;1-6-7(2)9-4-3-8(6)5-9;1-7-6-8-2-4-9(7)5-3-8;1-2-8-5-7-3-4-9(8)6-7/h9-10H,7-8H2,1-6H3;7-9H2,1-6H3;10H,6-9H2,1-5H3;2*9H,6-8H2,1-5H3;7-9H,4-6H2,1-3H3;8-9H,3-7H2,1-2H3;6-9H,3-5H2,1-2H3;2*7-9H,2-6H2,1H3/t;;;;;7-,8?,9?;8-,9?,10?;6-,7?,8?,9?;7-,8?,9?;/m.....1000./s1. The van der Waals surface area contributed by atoms with Crippen molar-refractivity contribution in [3.05, 3.63) is 0 Å². The van der Waals surface area contributed by atoms with Crippen molar-refractivity contribution in [1.82, 2.24) is 0 Å². The van der Waals surface area contributed by atoms with Crippen molar-refractivity contribution in [3.63, 3.8) is 0 Å². The van der Waals surface area contributed by atoms with Crippen LogP contribution in [0.5, 0.6) is 0 Å². The van der Waals surface area contributed by atoms with E-state index in [0.29, 0.717) is 65.0 Å². The van der Waals surface area contributed by atoms with Crippen molar-refractivity contribution < 1.29 is 0 Å². The van der Waals surface area contributed by atoms with Gasteiger partial charge in [-0.3, -0.25) is 0 Å². The normalized spacial score (nSPS) is 39.2. The Morgan fingerprint density at radius 2 is 0.752 bits per heavy atom. The van der Waals surface area contributed by atoms with Gasteiger partial charge in [-0.1, -0.05) is 301 Å². The lowest BCUT2D eigenvalue weighted by Gasteiger charge is -2.49. The molecule has 0 N–H and O–H groups in total. The van der Waals surface area contributed by atoms with E-state index in [1.165, 1.54) is 167 Å². The Morgan fingerprint density at radius 1 is 0.333 bits per heavy atom. The highest BCUT2D eigenvalue weighted by molar-refractivity contribution is 5.04. The molecule has 0 nitrogen and oxygen atoms in total. The largest absolute Gasteiger partial charge is 0.0651 e. The summed E-state index contributed by atoms with van der Waals surface area (Å²) in [5, 5.41) is 0. The summed E-state index contributed by atoms with van der Waals surface area (Å²) in [5.41, 5.74) is 7.69. The van der Waals surface area contributed by atoms with Crippen LogP contribution in [-0.4, -0.2) is 0 Å². The zero-order chi connectivity index (χ0) is 79.5. The van der Waals surface area contributed by atoms with Gasteiger partial charge in [0.2, 0.25) is 0 Å². The van der Waals surface area contributed by atoms with Gasteiger partial charge >= 0.3 is 0 Å². The van der Waals surface area contributed by atoms with E-state index in [-0.39, 0.29) is 0 Å². The van der Waals surface area contributed by atoms with Crippen molar-refractivity contribution in [2.24, 2.45) is 189 Å². The molecule has 0 heterocycles. The van der Waals surface area contributed by atoms with Crippen LogP contribution in [0, 0.1) is 189 Å². The van der Waals surface area contributed by atoms with Crippen LogP contribution < -0.4 is 0 Å². The van der Waals surface area contributed by atoms with Gasteiger partial charge in [-0.15, -0.1) is 0 Å². The third kappa shape index (κ3) is 24.1. The van der Waals surface area contributed by atoms with Crippen LogP contribution in [0.1, 0.15) is 480 Å². The monoisotopic (exact) mass is 1460 g/mol. The van der Waals surface area contributed by atoms with Crippen LogP contribution in [0.25, 0.3) is 0 Å². The highest BCUT2D eigenvalue weighted by atomic mass is 14.6. The molecule has 17 aliphatic rings. The molecular formula is C105H200. The summed E-state index contributed by atoms with van der Waals surface area (Å²) < 4.78 is 0. The molecule has 17 rings (SSSR count). The molecule has 0 aromatic heterocycles. The summed E-state index contributed by atoms with van der Waals surface area (Å²) >= 11 is 0. The van der Waals surface area contributed by atoms with Gasteiger partial charge < -0.3 is 0 Å². The van der Waals surface area contributed by atoms with Crippen LogP contribution in [0.2, 0.25) is 0 Å². The first-order valence-corrected chi connectivity index (χ1v) is 48.0. The molecule has 17 aliphatic carbocycles. The molecule has 105 heavy (non-hydrogen) atoms. The Kier molecular flexibility index (Phi) is 32.6. The smallest absolute Gasteiger partial charge is 0.0288 e. The molecule has 0 radical (unpaired) electrons. The van der Waals surface area contributed by atoms with Gasteiger partial charge in [0.15, 0.2) is 0 Å². The SMILES string of the molecule is CC(C)C1C(C)(C)CCC1(C)C.CC1C2CCC(C2)[C@H]1C.CCC1(C)CC(C)(C)C(C)(C)C1.CCC1C(C)(C)CCC1(C)C.CCC1CC(C)(C)C(C)(C)C1.CCC1CC(C)(C)CC(C)(C)C1.CCC1CC2CCC1C2.C[C@@H]1C2CCC(C2)C1(C)C.C[C@H]1CC2CCC1(C)CC2.C[C@H]1CC2CCC1CC2. The Bertz CT molecular complexity index is 2420. The van der Waals surface area contributed by atoms with Crippen molar-refractivity contribution in [1.29, 1.82) is 0 Å². The summed E-state index contributed by atoms with van der Waals surface area (Å²) in [6, 6.07) is 0. The fourth-order valence-corrected chi connectivity index (χ4v) is 30.0. The predicted octanol–water partition coefficient (Wildman–Crippen LogP) is 35.0. The maximum atomic E-state index is 2.49. The van der Waals surface area contributed by atoms with Crippen molar-refractivity contribution >= 4 is 0 Å². The average molecular weight is 1460 g/mol. The van der Waals surface area contributed by atoms with E-state index in [1.54, 1.807) is 64.2 Å². The minimum atomic E-state index is 0.526. The fourth-order valence-electron chi connectivity index (χ4n) is 30.0. The first-order valence-electron chi connectivity index (χ1n) is 48.0. The third-order valence-electron chi connectivity index (χ3n) is 38.3. The highest BCUT2D eigenvalue weighted by Gasteiger charge is 2.54. The molecule has 0 aromatic rings. The second kappa shape index (κ2) is 36.4. The number of hydrogen-bond donors (Lipinski definition) is 0. The van der Waals surface area contributed by atoms with Gasteiger partial charge in [-0.05, 0) is 369 Å². The van der Waals surface area contributed by atoms with Gasteiger partial charge in [0.1, 0.15) is 0 Å². The van der Waals surface area contributed by atoms with E-state index < -0.39 is 0 Å². The zero-order valence-corrected chi connectivity index (χ0v) is 79.5. The molecule has 620 valence electrons. The molecule has 0 amide bonds. The quantitative estimate of drug-likeness (QED) is 0.249. The molecule has 10 bridgehead atoms. The van der Waals surface area contributed by atoms with E-state index >= 15 is 0 Å². The molecule has 0 heteroatoms. The van der Waals surface area contributed by atoms with E-state index in [9.17, 15) is 0 Å². The Hall–Kier alpha value is 0. The maximum absolute atomic E-state index is 2.49. The van der Waals surface area contributed by atoms with Crippen LogP contribution in [0.15, 0.2) is 0 Å². The maximum Gasteiger partial charge on any atom is -0.0288 e. The lowest BCUT2D eigenvalue weighted by Crippen LogP contribution is -2.38. The second-order valence-electron chi connectivity index (χ2n) is 51.1. The average Bonchev–Trinajstić information content (AvgIpc) is 1.60. The Labute approximate surface area is 665 Å². The lowest BCUT2D eigenvalue weighted by molar-refractivity contribution is 0.0209. The molecule has 12 atom stereocenters. The molecule has 17 saturated carbocycles. The lowest BCUT2D eigenvalue weighted by atomic mass is 9.57. The van der Waals surface area contributed by atoms with Crippen LogP contribution in [-0.2, 0) is 0 Å². The van der Waals surface area contributed by atoms with E-state index in [4.69, 9.17) is 0 Å². The minimum absolute atomic E-state index is 0.526. The highest BCUT2D eigenvalue weighted by Crippen LogP contribution is 2.63. The first-order chi connectivity index (χ1) is 48.0. The topological polar surface area (TPSA) is 0 Å². The summed E-state index contributed by atoms with van der Waals surface area (Å²) in [6.07, 6.45) is 53.2. The molecule has 0 spiro atoms. The summed E-state index contributed by atoms with van der Waals surface area (Å²) in [4.78, 5) is 0. The van der Waals surface area contributed by atoms with E-state index in [2.05, 4.69) is 249 Å². The van der Waals surface area contributed by atoms with Crippen molar-refractivity contribution in [2.45, 2.75) is 480 Å². The molecular weight excluding hydrogens is 1260 g/mol. The molecule has 0 aromatic carbocycles. The first kappa shape index (κ1) is 93.9. The van der Waals surface area contributed by atoms with E-state index in [0.717, 1.165) is 124 Å². The van der Waals surface area contributed by atoms with Gasteiger partial charge in [-0.2, -0.15) is 0 Å². The second-order valence-corrected chi connectivity index (χ2v) is 51.1. The molecule has 0 saturated heterocycles. The van der Waals surface area contributed by atoms with Crippen LogP contribution in [0.4, 0.5) is 0 Å². The van der Waals surface area contributed by atoms with Gasteiger partial charge in [0.05, 0.1) is 0 Å². The Balaban J connectivity index is 0.000000183. The predicted molar refractivity (Wildman–Crippen MR) is 472 cm³/mol. The zero-order valence-electron chi connectivity index (χ0n) is 79.5. The molecule has 8 unspecified atom stereocenters.